The molecule has 102 valence electrons. The van der Waals surface area contributed by atoms with Gasteiger partial charge in [-0.3, -0.25) is 0 Å². The van der Waals surface area contributed by atoms with Crippen molar-refractivity contribution in [3.63, 3.8) is 0 Å². The van der Waals surface area contributed by atoms with Crippen molar-refractivity contribution in [1.82, 2.24) is 24.6 Å². The van der Waals surface area contributed by atoms with Crippen molar-refractivity contribution < 1.29 is 0 Å². The van der Waals surface area contributed by atoms with Crippen molar-refractivity contribution in [2.45, 2.75) is 32.9 Å². The van der Waals surface area contributed by atoms with Gasteiger partial charge in [0.15, 0.2) is 5.96 Å². The molecule has 1 aromatic heterocycles. The summed E-state index contributed by atoms with van der Waals surface area (Å²) in [6.45, 7) is 6.85. The molecule has 0 bridgehead atoms. The Balaban J connectivity index is 2.92. The monoisotopic (exact) mass is 252 g/mol. The molecule has 0 radical (unpaired) electrons. The van der Waals surface area contributed by atoms with Crippen LogP contribution in [0, 0.1) is 0 Å². The summed E-state index contributed by atoms with van der Waals surface area (Å²) < 4.78 is 1.92. The van der Waals surface area contributed by atoms with Crippen molar-refractivity contribution in [3.8, 4) is 0 Å². The van der Waals surface area contributed by atoms with Crippen LogP contribution in [0.4, 0.5) is 0 Å². The minimum Gasteiger partial charge on any atom is -0.349 e. The Bertz CT molecular complexity index is 400. The van der Waals surface area contributed by atoms with Crippen LogP contribution in [0.25, 0.3) is 0 Å². The number of guanidine groups is 1. The van der Waals surface area contributed by atoms with Crippen LogP contribution >= 0.6 is 0 Å². The number of hydrogen-bond acceptors (Lipinski definition) is 3. The summed E-state index contributed by atoms with van der Waals surface area (Å²) in [6, 6.07) is 0. The molecule has 0 N–H and O–H groups in total. The standard InChI is InChI=1S/C12H24N6/c1-12(2,3)18-10(14-9-15-18)8-13-11(16(4)5)17(6)7/h9H,8H2,1-7H3. The fourth-order valence-corrected chi connectivity index (χ4v) is 1.76. The van der Waals surface area contributed by atoms with Crippen LogP contribution in [0.2, 0.25) is 0 Å². The van der Waals surface area contributed by atoms with Crippen LogP contribution in [-0.2, 0) is 12.1 Å². The van der Waals surface area contributed by atoms with Crippen LogP contribution < -0.4 is 0 Å². The Morgan fingerprint density at radius 2 is 1.78 bits per heavy atom. The normalized spacial score (nSPS) is 11.3. The highest BCUT2D eigenvalue weighted by Crippen LogP contribution is 2.14. The predicted octanol–water partition coefficient (Wildman–Crippen LogP) is 1.01. The van der Waals surface area contributed by atoms with Gasteiger partial charge in [-0.15, -0.1) is 0 Å². The lowest BCUT2D eigenvalue weighted by molar-refractivity contribution is 0.341. The molecule has 18 heavy (non-hydrogen) atoms. The molecule has 0 spiro atoms. The summed E-state index contributed by atoms with van der Waals surface area (Å²) in [7, 11) is 7.92. The highest BCUT2D eigenvalue weighted by molar-refractivity contribution is 5.79. The molecular formula is C12H24N6. The molecule has 1 aromatic rings. The van der Waals surface area contributed by atoms with E-state index in [4.69, 9.17) is 0 Å². The third-order valence-electron chi connectivity index (χ3n) is 2.42. The molecule has 0 aromatic carbocycles. The van der Waals surface area contributed by atoms with Gasteiger partial charge >= 0.3 is 0 Å². The first-order valence-electron chi connectivity index (χ1n) is 6.02. The first-order valence-corrected chi connectivity index (χ1v) is 6.02. The molecule has 0 saturated carbocycles. The molecule has 0 atom stereocenters. The average molecular weight is 252 g/mol. The Labute approximate surface area is 109 Å². The Kier molecular flexibility index (Phi) is 4.32. The quantitative estimate of drug-likeness (QED) is 0.582. The van der Waals surface area contributed by atoms with E-state index >= 15 is 0 Å². The van der Waals surface area contributed by atoms with E-state index in [0.717, 1.165) is 11.8 Å². The molecular weight excluding hydrogens is 228 g/mol. The Morgan fingerprint density at radius 1 is 1.22 bits per heavy atom. The number of rotatable bonds is 2. The largest absolute Gasteiger partial charge is 0.349 e. The van der Waals surface area contributed by atoms with Gasteiger partial charge in [-0.2, -0.15) is 5.10 Å². The lowest BCUT2D eigenvalue weighted by Crippen LogP contribution is -2.35. The van der Waals surface area contributed by atoms with Crippen LogP contribution in [-0.4, -0.2) is 58.7 Å². The summed E-state index contributed by atoms with van der Waals surface area (Å²) in [5.41, 5.74) is -0.0717. The number of hydrogen-bond donors (Lipinski definition) is 0. The molecule has 0 unspecified atom stereocenters. The third-order valence-corrected chi connectivity index (χ3v) is 2.42. The van der Waals surface area contributed by atoms with Crippen molar-refractivity contribution in [1.29, 1.82) is 0 Å². The van der Waals surface area contributed by atoms with Crippen molar-refractivity contribution in [3.05, 3.63) is 12.2 Å². The summed E-state index contributed by atoms with van der Waals surface area (Å²) in [5.74, 6) is 1.79. The smallest absolute Gasteiger partial charge is 0.195 e. The Hall–Kier alpha value is -1.59. The van der Waals surface area contributed by atoms with Gasteiger partial charge in [0, 0.05) is 28.2 Å². The van der Waals surface area contributed by atoms with E-state index < -0.39 is 0 Å². The molecule has 0 aliphatic heterocycles. The highest BCUT2D eigenvalue weighted by atomic mass is 15.4. The van der Waals surface area contributed by atoms with E-state index in [-0.39, 0.29) is 5.54 Å². The summed E-state index contributed by atoms with van der Waals surface area (Å²) in [6.07, 6.45) is 1.58. The molecule has 6 heteroatoms. The van der Waals surface area contributed by atoms with Gasteiger partial charge in [0.1, 0.15) is 18.7 Å². The number of aromatic nitrogens is 3. The zero-order chi connectivity index (χ0) is 13.9. The fourth-order valence-electron chi connectivity index (χ4n) is 1.76. The third kappa shape index (κ3) is 3.45. The molecule has 0 fully saturated rings. The van der Waals surface area contributed by atoms with Crippen molar-refractivity contribution in [2.75, 3.05) is 28.2 Å². The second-order valence-electron chi connectivity index (χ2n) is 5.66. The maximum atomic E-state index is 4.58. The maximum absolute atomic E-state index is 4.58. The minimum atomic E-state index is -0.0717. The SMILES string of the molecule is CN(C)C(=NCc1ncnn1C(C)(C)C)N(C)C. The molecule has 0 amide bonds. The van der Waals surface area contributed by atoms with Gasteiger partial charge < -0.3 is 9.80 Å². The molecule has 1 rings (SSSR count). The molecule has 0 saturated heterocycles. The first-order chi connectivity index (χ1) is 8.23. The lowest BCUT2D eigenvalue weighted by atomic mass is 10.1. The van der Waals surface area contributed by atoms with Gasteiger partial charge in [0.05, 0.1) is 5.54 Å². The van der Waals surface area contributed by atoms with Crippen LogP contribution in [0.3, 0.4) is 0 Å². The highest BCUT2D eigenvalue weighted by Gasteiger charge is 2.18. The minimum absolute atomic E-state index is 0.0717. The summed E-state index contributed by atoms with van der Waals surface area (Å²) >= 11 is 0. The number of nitrogens with zero attached hydrogens (tertiary/aromatic N) is 6. The second kappa shape index (κ2) is 5.37. The van der Waals surface area contributed by atoms with E-state index in [0.29, 0.717) is 6.54 Å². The van der Waals surface area contributed by atoms with E-state index in [2.05, 4.69) is 35.8 Å². The topological polar surface area (TPSA) is 49.6 Å². The lowest BCUT2D eigenvalue weighted by Gasteiger charge is -2.23. The van der Waals surface area contributed by atoms with E-state index in [1.807, 2.05) is 42.7 Å². The molecule has 0 aliphatic rings. The molecule has 0 aliphatic carbocycles. The summed E-state index contributed by atoms with van der Waals surface area (Å²) in [4.78, 5) is 12.8. The van der Waals surface area contributed by atoms with E-state index in [1.165, 1.54) is 0 Å². The van der Waals surface area contributed by atoms with Gasteiger partial charge in [0.25, 0.3) is 0 Å². The maximum Gasteiger partial charge on any atom is 0.195 e. The first kappa shape index (κ1) is 14.5. The van der Waals surface area contributed by atoms with Crippen LogP contribution in [0.15, 0.2) is 11.3 Å². The van der Waals surface area contributed by atoms with Crippen LogP contribution in [0.1, 0.15) is 26.6 Å². The fraction of sp³-hybridized carbons (Fsp3) is 0.750. The van der Waals surface area contributed by atoms with E-state index in [9.17, 15) is 0 Å². The second-order valence-corrected chi connectivity index (χ2v) is 5.66. The van der Waals surface area contributed by atoms with Gasteiger partial charge in [-0.1, -0.05) is 0 Å². The molecule has 6 nitrogen and oxygen atoms in total. The van der Waals surface area contributed by atoms with Gasteiger partial charge in [0.2, 0.25) is 0 Å². The van der Waals surface area contributed by atoms with Crippen molar-refractivity contribution >= 4 is 5.96 Å². The zero-order valence-corrected chi connectivity index (χ0v) is 12.5. The van der Waals surface area contributed by atoms with Crippen LogP contribution in [0.5, 0.6) is 0 Å². The molecule has 1 heterocycles. The Morgan fingerprint density at radius 3 is 2.22 bits per heavy atom. The average Bonchev–Trinajstić information content (AvgIpc) is 2.64. The van der Waals surface area contributed by atoms with Gasteiger partial charge in [-0.05, 0) is 20.8 Å². The predicted molar refractivity (Wildman–Crippen MR) is 73.5 cm³/mol. The van der Waals surface area contributed by atoms with Crippen molar-refractivity contribution in [2.24, 2.45) is 4.99 Å². The van der Waals surface area contributed by atoms with Gasteiger partial charge in [-0.25, -0.2) is 14.7 Å². The number of aliphatic imine (C=N–C) groups is 1. The van der Waals surface area contributed by atoms with E-state index in [1.54, 1.807) is 6.33 Å². The zero-order valence-electron chi connectivity index (χ0n) is 12.5. The summed E-state index contributed by atoms with van der Waals surface area (Å²) in [5, 5.41) is 4.26.